The van der Waals surface area contributed by atoms with Gasteiger partial charge in [-0.25, -0.2) is 0 Å². The molecule has 0 bridgehead atoms. The number of carbonyl (C=O) groups is 2. The minimum atomic E-state index is -0.473. The fraction of sp³-hybridized carbons (Fsp3) is 0.714. The van der Waals surface area contributed by atoms with Crippen molar-refractivity contribution in [3.8, 4) is 0 Å². The van der Waals surface area contributed by atoms with Crippen molar-refractivity contribution in [3.05, 3.63) is 12.7 Å². The maximum atomic E-state index is 11.9. The van der Waals surface area contributed by atoms with Gasteiger partial charge in [-0.3, -0.25) is 9.59 Å². The van der Waals surface area contributed by atoms with Crippen molar-refractivity contribution < 1.29 is 14.3 Å². The number of allylic oxidation sites excluding steroid dienone is 1. The summed E-state index contributed by atoms with van der Waals surface area (Å²) in [4.78, 5) is 23.6. The van der Waals surface area contributed by atoms with Crippen LogP contribution in [0.5, 0.6) is 0 Å². The molecule has 1 fully saturated rings. The van der Waals surface area contributed by atoms with Crippen molar-refractivity contribution in [3.63, 3.8) is 0 Å². The standard InChI is InChI=1S/C14H22O3/c1-5-6-10-7-8-11(13(10)16)9-12(15)17-14(2,3)4/h5,10-11H,1,6-9H2,2-4H3/t10?,11-/m0/s1. The summed E-state index contributed by atoms with van der Waals surface area (Å²) in [7, 11) is 0. The van der Waals surface area contributed by atoms with Gasteiger partial charge in [-0.05, 0) is 40.0 Å². The molecule has 0 aliphatic heterocycles. The second kappa shape index (κ2) is 5.48. The summed E-state index contributed by atoms with van der Waals surface area (Å²) in [6.07, 6.45) is 4.40. The molecule has 1 aliphatic rings. The largest absolute Gasteiger partial charge is 0.460 e. The topological polar surface area (TPSA) is 43.4 Å². The molecule has 0 amide bonds. The Hall–Kier alpha value is -1.12. The number of esters is 1. The predicted octanol–water partition coefficient (Wildman–Crippen LogP) is 2.89. The van der Waals surface area contributed by atoms with Crippen LogP contribution in [-0.4, -0.2) is 17.4 Å². The van der Waals surface area contributed by atoms with E-state index in [2.05, 4.69) is 6.58 Å². The van der Waals surface area contributed by atoms with Gasteiger partial charge in [0, 0.05) is 11.8 Å². The minimum absolute atomic E-state index is 0.0694. The van der Waals surface area contributed by atoms with Crippen molar-refractivity contribution in [2.24, 2.45) is 11.8 Å². The highest BCUT2D eigenvalue weighted by atomic mass is 16.6. The van der Waals surface area contributed by atoms with Crippen LogP contribution in [-0.2, 0) is 14.3 Å². The summed E-state index contributed by atoms with van der Waals surface area (Å²) in [5, 5.41) is 0. The number of Topliss-reactive ketones (excluding diaryl/α,β-unsaturated/α-hetero) is 1. The lowest BCUT2D eigenvalue weighted by Gasteiger charge is -2.20. The molecule has 1 unspecified atom stereocenters. The zero-order chi connectivity index (χ0) is 13.1. The van der Waals surface area contributed by atoms with Crippen molar-refractivity contribution in [1.29, 1.82) is 0 Å². The Balaban J connectivity index is 2.46. The fourth-order valence-corrected chi connectivity index (χ4v) is 2.24. The smallest absolute Gasteiger partial charge is 0.307 e. The van der Waals surface area contributed by atoms with Crippen LogP contribution < -0.4 is 0 Å². The van der Waals surface area contributed by atoms with Crippen LogP contribution in [0, 0.1) is 11.8 Å². The molecule has 2 atom stereocenters. The predicted molar refractivity (Wildman–Crippen MR) is 66.5 cm³/mol. The molecule has 0 aromatic heterocycles. The summed E-state index contributed by atoms with van der Waals surface area (Å²) in [6, 6.07) is 0. The van der Waals surface area contributed by atoms with E-state index in [0.717, 1.165) is 19.3 Å². The van der Waals surface area contributed by atoms with E-state index in [0.29, 0.717) is 0 Å². The van der Waals surface area contributed by atoms with Crippen LogP contribution in [0.3, 0.4) is 0 Å². The third-order valence-corrected chi connectivity index (χ3v) is 2.95. The normalized spacial score (nSPS) is 24.8. The lowest BCUT2D eigenvalue weighted by atomic mass is 9.98. The van der Waals surface area contributed by atoms with Gasteiger partial charge < -0.3 is 4.74 Å². The third kappa shape index (κ3) is 4.33. The summed E-state index contributed by atoms with van der Waals surface area (Å²) < 4.78 is 5.23. The van der Waals surface area contributed by atoms with Gasteiger partial charge in [-0.1, -0.05) is 6.08 Å². The molecular weight excluding hydrogens is 216 g/mol. The Morgan fingerprint density at radius 3 is 2.53 bits per heavy atom. The zero-order valence-electron chi connectivity index (χ0n) is 11.0. The third-order valence-electron chi connectivity index (χ3n) is 2.95. The van der Waals surface area contributed by atoms with E-state index in [4.69, 9.17) is 4.74 Å². The van der Waals surface area contributed by atoms with Gasteiger partial charge in [0.1, 0.15) is 11.4 Å². The van der Waals surface area contributed by atoms with Gasteiger partial charge in [0.25, 0.3) is 0 Å². The van der Waals surface area contributed by atoms with E-state index in [1.807, 2.05) is 20.8 Å². The molecule has 1 rings (SSSR count). The summed E-state index contributed by atoms with van der Waals surface area (Å²) >= 11 is 0. The second-order valence-electron chi connectivity index (χ2n) is 5.69. The molecule has 3 nitrogen and oxygen atoms in total. The summed E-state index contributed by atoms with van der Waals surface area (Å²) in [5.41, 5.74) is -0.473. The molecule has 96 valence electrons. The van der Waals surface area contributed by atoms with Crippen LogP contribution in [0.1, 0.15) is 46.5 Å². The number of hydrogen-bond donors (Lipinski definition) is 0. The monoisotopic (exact) mass is 238 g/mol. The van der Waals surface area contributed by atoms with Crippen LogP contribution in [0.15, 0.2) is 12.7 Å². The Labute approximate surface area is 103 Å². The minimum Gasteiger partial charge on any atom is -0.460 e. The van der Waals surface area contributed by atoms with Crippen molar-refractivity contribution in [2.75, 3.05) is 0 Å². The molecule has 1 saturated carbocycles. The number of carbonyl (C=O) groups excluding carboxylic acids is 2. The first-order valence-corrected chi connectivity index (χ1v) is 6.20. The molecule has 1 aliphatic carbocycles. The van der Waals surface area contributed by atoms with E-state index in [9.17, 15) is 9.59 Å². The molecule has 0 saturated heterocycles. The molecule has 3 heteroatoms. The average Bonchev–Trinajstić information content (AvgIpc) is 2.47. The molecular formula is C14H22O3. The Bertz CT molecular complexity index is 312. The molecule has 0 radical (unpaired) electrons. The van der Waals surface area contributed by atoms with Crippen molar-refractivity contribution in [2.45, 2.75) is 52.1 Å². The zero-order valence-corrected chi connectivity index (χ0v) is 11.0. The Kier molecular flexibility index (Phi) is 4.49. The van der Waals surface area contributed by atoms with Gasteiger partial charge in [0.05, 0.1) is 6.42 Å². The number of hydrogen-bond acceptors (Lipinski definition) is 3. The van der Waals surface area contributed by atoms with Crippen LogP contribution in [0.2, 0.25) is 0 Å². The van der Waals surface area contributed by atoms with Gasteiger partial charge in [-0.15, -0.1) is 6.58 Å². The highest BCUT2D eigenvalue weighted by Gasteiger charge is 2.35. The van der Waals surface area contributed by atoms with Crippen LogP contribution >= 0.6 is 0 Å². The van der Waals surface area contributed by atoms with Crippen LogP contribution in [0.4, 0.5) is 0 Å². The lowest BCUT2D eigenvalue weighted by Crippen LogP contribution is -2.26. The number of ether oxygens (including phenoxy) is 1. The van der Waals surface area contributed by atoms with Crippen LogP contribution in [0.25, 0.3) is 0 Å². The van der Waals surface area contributed by atoms with Crippen molar-refractivity contribution >= 4 is 11.8 Å². The SMILES string of the molecule is C=CCC1CC[C@@H](CC(=O)OC(C)(C)C)C1=O. The average molecular weight is 238 g/mol. The van der Waals surface area contributed by atoms with Gasteiger partial charge in [0.15, 0.2) is 0 Å². The first-order chi connectivity index (χ1) is 7.83. The highest BCUT2D eigenvalue weighted by Crippen LogP contribution is 2.32. The molecule has 0 spiro atoms. The van der Waals surface area contributed by atoms with E-state index in [1.54, 1.807) is 6.08 Å². The van der Waals surface area contributed by atoms with Gasteiger partial charge >= 0.3 is 5.97 Å². The first-order valence-electron chi connectivity index (χ1n) is 6.20. The Morgan fingerprint density at radius 1 is 1.41 bits per heavy atom. The summed E-state index contributed by atoms with van der Waals surface area (Å²) in [6.45, 7) is 9.15. The maximum Gasteiger partial charge on any atom is 0.307 e. The number of rotatable bonds is 4. The molecule has 17 heavy (non-hydrogen) atoms. The van der Waals surface area contributed by atoms with Gasteiger partial charge in [0.2, 0.25) is 0 Å². The molecule has 0 aromatic carbocycles. The molecule has 0 N–H and O–H groups in total. The first kappa shape index (κ1) is 13.9. The van der Waals surface area contributed by atoms with Crippen molar-refractivity contribution in [1.82, 2.24) is 0 Å². The summed E-state index contributed by atoms with van der Waals surface area (Å²) in [5.74, 6) is -0.138. The van der Waals surface area contributed by atoms with E-state index in [-0.39, 0.29) is 30.0 Å². The maximum absolute atomic E-state index is 11.9. The van der Waals surface area contributed by atoms with Gasteiger partial charge in [-0.2, -0.15) is 0 Å². The molecule has 0 aromatic rings. The highest BCUT2D eigenvalue weighted by molar-refractivity contribution is 5.89. The lowest BCUT2D eigenvalue weighted by molar-refractivity contribution is -0.157. The Morgan fingerprint density at radius 2 is 2.00 bits per heavy atom. The number of ketones is 1. The fourth-order valence-electron chi connectivity index (χ4n) is 2.24. The quantitative estimate of drug-likeness (QED) is 0.558. The van der Waals surface area contributed by atoms with E-state index >= 15 is 0 Å². The van der Waals surface area contributed by atoms with E-state index in [1.165, 1.54) is 0 Å². The second-order valence-corrected chi connectivity index (χ2v) is 5.69. The molecule has 0 heterocycles. The van der Waals surface area contributed by atoms with E-state index < -0.39 is 5.60 Å².